The van der Waals surface area contributed by atoms with Crippen LogP contribution in [0.15, 0.2) is 24.3 Å². The Balaban J connectivity index is 2.61. The number of hydrogen-bond donors (Lipinski definition) is 0. The standard InChI is InChI=1S/C15H24O2S2Se/c1-12(2)14(16)18-10-20(8-6-5-7-9-20)11-19-15(17)13(3)4/h1,3,5-11H2,2,4H3. The van der Waals surface area contributed by atoms with Crippen molar-refractivity contribution in [3.63, 3.8) is 0 Å². The van der Waals surface area contributed by atoms with Crippen molar-refractivity contribution < 1.29 is 9.59 Å². The molecular weight excluding hydrogens is 355 g/mol. The molecule has 0 radical (unpaired) electrons. The Bertz CT molecular complexity index is 380. The van der Waals surface area contributed by atoms with Crippen molar-refractivity contribution in [3.8, 4) is 0 Å². The Labute approximate surface area is 133 Å². The Morgan fingerprint density at radius 1 is 0.900 bits per heavy atom. The first kappa shape index (κ1) is 18.1. The molecule has 0 bridgehead atoms. The van der Waals surface area contributed by atoms with E-state index >= 15 is 0 Å². The summed E-state index contributed by atoms with van der Waals surface area (Å²) in [6.07, 6.45) is 3.84. The van der Waals surface area contributed by atoms with Crippen molar-refractivity contribution >= 4 is 46.6 Å². The molecule has 0 atom stereocenters. The average molecular weight is 379 g/mol. The van der Waals surface area contributed by atoms with Crippen molar-refractivity contribution in [2.24, 2.45) is 0 Å². The summed E-state index contributed by atoms with van der Waals surface area (Å²) in [6.45, 7) is 11.0. The molecule has 2 nitrogen and oxygen atoms in total. The quantitative estimate of drug-likeness (QED) is 0.507. The normalized spacial score (nSPS) is 19.1. The molecule has 1 saturated heterocycles. The number of rotatable bonds is 6. The van der Waals surface area contributed by atoms with Gasteiger partial charge < -0.3 is 0 Å². The number of carbonyl (C=O) groups is 2. The van der Waals surface area contributed by atoms with Gasteiger partial charge in [0.05, 0.1) is 0 Å². The van der Waals surface area contributed by atoms with Gasteiger partial charge in [0.25, 0.3) is 0 Å². The summed E-state index contributed by atoms with van der Waals surface area (Å²) in [5.74, 6) is 0. The molecule has 0 saturated carbocycles. The molecule has 1 rings (SSSR count). The first-order valence-corrected chi connectivity index (χ1v) is 13.6. The van der Waals surface area contributed by atoms with Crippen LogP contribution in [0.3, 0.4) is 0 Å². The van der Waals surface area contributed by atoms with Crippen LogP contribution in [-0.4, -0.2) is 32.4 Å². The SMILES string of the molecule is C=C(C)C(=O)SC[Se]1(CSC(=O)C(=C)C)CCCCC1. The van der Waals surface area contributed by atoms with Crippen molar-refractivity contribution in [3.05, 3.63) is 24.3 Å². The van der Waals surface area contributed by atoms with Crippen LogP contribution in [-0.2, 0) is 9.59 Å². The minimum atomic E-state index is -1.70. The van der Waals surface area contributed by atoms with Crippen LogP contribution < -0.4 is 0 Å². The summed E-state index contributed by atoms with van der Waals surface area (Å²) in [7, 11) is 0. The molecule has 0 N–H and O–H groups in total. The zero-order valence-corrected chi connectivity index (χ0v) is 15.8. The van der Waals surface area contributed by atoms with E-state index in [1.807, 2.05) is 0 Å². The summed E-state index contributed by atoms with van der Waals surface area (Å²) >= 11 is 1.17. The molecule has 1 aliphatic rings. The Morgan fingerprint density at radius 2 is 1.30 bits per heavy atom. The molecule has 114 valence electrons. The Kier molecular flexibility index (Phi) is 7.66. The van der Waals surface area contributed by atoms with Crippen LogP contribution in [0.4, 0.5) is 0 Å². The van der Waals surface area contributed by atoms with E-state index in [4.69, 9.17) is 0 Å². The first-order valence-electron chi connectivity index (χ1n) is 6.76. The molecule has 0 unspecified atom stereocenters. The van der Waals surface area contributed by atoms with E-state index in [9.17, 15) is 9.59 Å². The second-order valence-corrected chi connectivity index (χ2v) is 17.0. The monoisotopic (exact) mass is 380 g/mol. The fourth-order valence-electron chi connectivity index (χ4n) is 1.97. The molecule has 0 aromatic heterocycles. The fourth-order valence-corrected chi connectivity index (χ4v) is 16.5. The van der Waals surface area contributed by atoms with Gasteiger partial charge in [0, 0.05) is 0 Å². The average Bonchev–Trinajstić information content (AvgIpc) is 2.43. The van der Waals surface area contributed by atoms with Crippen LogP contribution in [0, 0.1) is 0 Å². The number of hydrogen-bond acceptors (Lipinski definition) is 4. The van der Waals surface area contributed by atoms with Crippen molar-refractivity contribution in [1.82, 2.24) is 0 Å². The summed E-state index contributed by atoms with van der Waals surface area (Å²) in [4.78, 5) is 23.5. The molecule has 1 aliphatic heterocycles. The summed E-state index contributed by atoms with van der Waals surface area (Å²) in [6, 6.07) is 0. The zero-order chi connectivity index (χ0) is 15.2. The van der Waals surface area contributed by atoms with Crippen molar-refractivity contribution in [2.45, 2.75) is 43.7 Å². The third-order valence-electron chi connectivity index (χ3n) is 3.23. The zero-order valence-electron chi connectivity index (χ0n) is 12.4. The molecule has 20 heavy (non-hydrogen) atoms. The Morgan fingerprint density at radius 3 is 1.65 bits per heavy atom. The van der Waals surface area contributed by atoms with Gasteiger partial charge in [-0.15, -0.1) is 0 Å². The van der Waals surface area contributed by atoms with Crippen LogP contribution in [0.5, 0.6) is 0 Å². The molecule has 0 aromatic carbocycles. The number of carbonyl (C=O) groups excluding carboxylic acids is 2. The van der Waals surface area contributed by atoms with E-state index < -0.39 is 12.8 Å². The van der Waals surface area contributed by atoms with E-state index in [1.54, 1.807) is 13.8 Å². The van der Waals surface area contributed by atoms with Gasteiger partial charge in [-0.3, -0.25) is 0 Å². The maximum absolute atomic E-state index is 11.8. The molecule has 0 spiro atoms. The molecule has 0 aromatic rings. The fraction of sp³-hybridized carbons (Fsp3) is 0.600. The van der Waals surface area contributed by atoms with Gasteiger partial charge in [0.1, 0.15) is 0 Å². The molecule has 1 fully saturated rings. The summed E-state index contributed by atoms with van der Waals surface area (Å²) in [5.41, 5.74) is 1.26. The van der Waals surface area contributed by atoms with E-state index in [2.05, 4.69) is 13.2 Å². The van der Waals surface area contributed by atoms with Gasteiger partial charge in [-0.25, -0.2) is 0 Å². The summed E-state index contributed by atoms with van der Waals surface area (Å²) < 4.78 is 1.91. The van der Waals surface area contributed by atoms with Crippen LogP contribution >= 0.6 is 23.5 Å². The molecule has 0 aliphatic carbocycles. The van der Waals surface area contributed by atoms with E-state index in [0.29, 0.717) is 11.1 Å². The van der Waals surface area contributed by atoms with Gasteiger partial charge in [-0.05, 0) is 0 Å². The van der Waals surface area contributed by atoms with E-state index in [1.165, 1.54) is 53.4 Å². The predicted octanol–water partition coefficient (Wildman–Crippen LogP) is 4.37. The number of thioether (sulfide) groups is 2. The van der Waals surface area contributed by atoms with Gasteiger partial charge in [0.15, 0.2) is 0 Å². The van der Waals surface area contributed by atoms with Gasteiger partial charge in [0.2, 0.25) is 0 Å². The van der Waals surface area contributed by atoms with Gasteiger partial charge in [-0.1, -0.05) is 0 Å². The Hall–Kier alpha value is 0.0395. The minimum absolute atomic E-state index is 0.114. The van der Waals surface area contributed by atoms with Crippen molar-refractivity contribution in [1.29, 1.82) is 0 Å². The second-order valence-electron chi connectivity index (χ2n) is 5.35. The van der Waals surface area contributed by atoms with Crippen molar-refractivity contribution in [2.75, 3.05) is 9.30 Å². The first-order chi connectivity index (χ1) is 9.36. The van der Waals surface area contributed by atoms with Gasteiger partial charge >= 0.3 is 134 Å². The molecule has 5 heteroatoms. The van der Waals surface area contributed by atoms with E-state index in [-0.39, 0.29) is 10.2 Å². The van der Waals surface area contributed by atoms with Crippen LogP contribution in [0.25, 0.3) is 0 Å². The second kappa shape index (κ2) is 8.47. The molecule has 0 amide bonds. The molecule has 1 heterocycles. The third-order valence-corrected chi connectivity index (χ3v) is 18.3. The third kappa shape index (κ3) is 5.80. The summed E-state index contributed by atoms with van der Waals surface area (Å²) in [5, 5.41) is 2.76. The predicted molar refractivity (Wildman–Crippen MR) is 93.8 cm³/mol. The van der Waals surface area contributed by atoms with Gasteiger partial charge in [-0.2, -0.15) is 0 Å². The van der Waals surface area contributed by atoms with E-state index in [0.717, 1.165) is 9.30 Å². The van der Waals surface area contributed by atoms with Crippen LogP contribution in [0.2, 0.25) is 10.6 Å². The van der Waals surface area contributed by atoms with Crippen LogP contribution in [0.1, 0.15) is 33.1 Å². The maximum atomic E-state index is 11.8. The topological polar surface area (TPSA) is 34.1 Å². The molecular formula is C15H24O2S2Se.